The van der Waals surface area contributed by atoms with E-state index in [9.17, 15) is 0 Å². The Kier molecular flexibility index (Phi) is 4.76. The molecule has 0 radical (unpaired) electrons. The molecule has 0 bridgehead atoms. The fourth-order valence-corrected chi connectivity index (χ4v) is 2.96. The third-order valence-electron chi connectivity index (χ3n) is 4.06. The van der Waals surface area contributed by atoms with Gasteiger partial charge in [-0.05, 0) is 38.7 Å². The number of hydrogen-bond acceptors (Lipinski definition) is 2. The minimum atomic E-state index is 0.834. The smallest absolute Gasteiger partial charge is 0.0442 e. The molecular weight excluding hydrogens is 220 g/mol. The van der Waals surface area contributed by atoms with Crippen molar-refractivity contribution in [3.05, 3.63) is 23.9 Å². The van der Waals surface area contributed by atoms with Crippen molar-refractivity contribution in [1.29, 1.82) is 0 Å². The molecule has 100 valence electrons. The fraction of sp³-hybridized carbons (Fsp3) is 0.688. The van der Waals surface area contributed by atoms with Crippen molar-refractivity contribution >= 4 is 5.71 Å². The lowest BCUT2D eigenvalue weighted by atomic mass is 10.1. The van der Waals surface area contributed by atoms with Crippen LogP contribution in [0.4, 0.5) is 0 Å². The Morgan fingerprint density at radius 3 is 2.56 bits per heavy atom. The highest BCUT2D eigenvalue weighted by Crippen LogP contribution is 2.26. The second-order valence-electron chi connectivity index (χ2n) is 5.86. The van der Waals surface area contributed by atoms with Crippen LogP contribution in [-0.4, -0.2) is 29.7 Å². The van der Waals surface area contributed by atoms with Gasteiger partial charge in [0.05, 0.1) is 0 Å². The average molecular weight is 246 g/mol. The second-order valence-corrected chi connectivity index (χ2v) is 5.86. The van der Waals surface area contributed by atoms with E-state index in [0.717, 1.165) is 18.9 Å². The zero-order valence-electron chi connectivity index (χ0n) is 11.9. The van der Waals surface area contributed by atoms with Crippen molar-refractivity contribution in [3.63, 3.8) is 0 Å². The zero-order valence-corrected chi connectivity index (χ0v) is 11.9. The van der Waals surface area contributed by atoms with E-state index in [2.05, 4.69) is 30.3 Å². The van der Waals surface area contributed by atoms with Crippen LogP contribution < -0.4 is 0 Å². The molecule has 1 aliphatic carbocycles. The van der Waals surface area contributed by atoms with Crippen LogP contribution in [0.25, 0.3) is 0 Å². The molecule has 1 saturated carbocycles. The first-order valence-electron chi connectivity index (χ1n) is 7.29. The first-order valence-corrected chi connectivity index (χ1v) is 7.29. The van der Waals surface area contributed by atoms with E-state index in [-0.39, 0.29) is 0 Å². The van der Waals surface area contributed by atoms with Crippen molar-refractivity contribution in [2.24, 2.45) is 4.99 Å². The standard InChI is InChI=1S/C16H26N2/c1-13(2)12-17-16-9-11-18(10-8-14(16)3)15-6-4-5-7-15/h12,15H,3-11H2,1-2H3. The van der Waals surface area contributed by atoms with E-state index in [1.54, 1.807) is 0 Å². The van der Waals surface area contributed by atoms with Gasteiger partial charge in [-0.25, -0.2) is 0 Å². The molecule has 2 nitrogen and oxygen atoms in total. The second kappa shape index (κ2) is 6.33. The van der Waals surface area contributed by atoms with Crippen LogP contribution in [0.15, 0.2) is 28.9 Å². The number of rotatable bonds is 2. The molecule has 2 rings (SSSR count). The van der Waals surface area contributed by atoms with Gasteiger partial charge in [0.15, 0.2) is 0 Å². The van der Waals surface area contributed by atoms with Gasteiger partial charge < -0.3 is 0 Å². The maximum atomic E-state index is 4.61. The van der Waals surface area contributed by atoms with Crippen LogP contribution in [-0.2, 0) is 0 Å². The molecule has 2 aliphatic rings. The lowest BCUT2D eigenvalue weighted by molar-refractivity contribution is 0.211. The predicted molar refractivity (Wildman–Crippen MR) is 79.1 cm³/mol. The molecule has 0 unspecified atom stereocenters. The summed E-state index contributed by atoms with van der Waals surface area (Å²) in [6.07, 6.45) is 9.76. The van der Waals surface area contributed by atoms with Crippen molar-refractivity contribution in [1.82, 2.24) is 4.90 Å². The van der Waals surface area contributed by atoms with E-state index >= 15 is 0 Å². The van der Waals surface area contributed by atoms with Gasteiger partial charge in [0.1, 0.15) is 0 Å². The van der Waals surface area contributed by atoms with E-state index in [0.29, 0.717) is 0 Å². The molecule has 0 aromatic carbocycles. The lowest BCUT2D eigenvalue weighted by Crippen LogP contribution is -2.34. The minimum Gasteiger partial charge on any atom is -0.300 e. The lowest BCUT2D eigenvalue weighted by Gasteiger charge is -2.26. The number of allylic oxidation sites excluding steroid dienone is 1. The summed E-state index contributed by atoms with van der Waals surface area (Å²) in [5.41, 5.74) is 3.72. The van der Waals surface area contributed by atoms with Gasteiger partial charge in [0, 0.05) is 37.5 Å². The quantitative estimate of drug-likeness (QED) is 0.720. The summed E-state index contributed by atoms with van der Waals surface area (Å²) in [5.74, 6) is 0. The molecule has 0 aromatic heterocycles. The summed E-state index contributed by atoms with van der Waals surface area (Å²) >= 11 is 0. The molecule has 2 heteroatoms. The Labute approximate surface area is 111 Å². The number of hydrogen-bond donors (Lipinski definition) is 0. The third kappa shape index (κ3) is 3.55. The zero-order chi connectivity index (χ0) is 13.0. The molecule has 0 amide bonds. The molecule has 1 heterocycles. The highest BCUT2D eigenvalue weighted by molar-refractivity contribution is 6.00. The minimum absolute atomic E-state index is 0.834. The van der Waals surface area contributed by atoms with E-state index in [4.69, 9.17) is 0 Å². The Morgan fingerprint density at radius 2 is 1.89 bits per heavy atom. The van der Waals surface area contributed by atoms with Gasteiger partial charge in [0.25, 0.3) is 0 Å². The van der Waals surface area contributed by atoms with Gasteiger partial charge in [-0.1, -0.05) is 25.0 Å². The summed E-state index contributed by atoms with van der Waals surface area (Å²) in [5, 5.41) is 0. The monoisotopic (exact) mass is 246 g/mol. The first kappa shape index (κ1) is 13.5. The SMILES string of the molecule is C=C1CCN(C2CCCC2)CCC1=NC=C(C)C. The Bertz CT molecular complexity index is 355. The van der Waals surface area contributed by atoms with Crippen molar-refractivity contribution in [2.45, 2.75) is 58.4 Å². The van der Waals surface area contributed by atoms with Gasteiger partial charge in [-0.2, -0.15) is 0 Å². The predicted octanol–water partition coefficient (Wildman–Crippen LogP) is 3.95. The molecule has 18 heavy (non-hydrogen) atoms. The Morgan fingerprint density at radius 1 is 1.22 bits per heavy atom. The van der Waals surface area contributed by atoms with Gasteiger partial charge in [0.2, 0.25) is 0 Å². The average Bonchev–Trinajstić information content (AvgIpc) is 2.79. The number of nitrogens with zero attached hydrogens (tertiary/aromatic N) is 2. The highest BCUT2D eigenvalue weighted by atomic mass is 15.2. The van der Waals surface area contributed by atoms with E-state index in [1.165, 1.54) is 55.6 Å². The summed E-state index contributed by atoms with van der Waals surface area (Å²) in [6.45, 7) is 10.7. The third-order valence-corrected chi connectivity index (χ3v) is 4.06. The van der Waals surface area contributed by atoms with Crippen LogP contribution in [0.5, 0.6) is 0 Å². The molecule has 2 fully saturated rings. The molecule has 0 aromatic rings. The first-order chi connectivity index (χ1) is 8.66. The maximum absolute atomic E-state index is 4.61. The summed E-state index contributed by atoms with van der Waals surface area (Å²) < 4.78 is 0. The number of likely N-dealkylation sites (tertiary alicyclic amines) is 1. The van der Waals surface area contributed by atoms with Crippen LogP contribution in [0.1, 0.15) is 52.4 Å². The van der Waals surface area contributed by atoms with Crippen molar-refractivity contribution in [3.8, 4) is 0 Å². The van der Waals surface area contributed by atoms with Crippen LogP contribution in [0.2, 0.25) is 0 Å². The largest absolute Gasteiger partial charge is 0.300 e. The molecule has 0 N–H and O–H groups in total. The van der Waals surface area contributed by atoms with Crippen molar-refractivity contribution < 1.29 is 0 Å². The molecule has 0 atom stereocenters. The van der Waals surface area contributed by atoms with Crippen molar-refractivity contribution in [2.75, 3.05) is 13.1 Å². The summed E-state index contributed by atoms with van der Waals surface area (Å²) in [4.78, 5) is 7.28. The maximum Gasteiger partial charge on any atom is 0.0442 e. The van der Waals surface area contributed by atoms with Crippen LogP contribution in [0, 0.1) is 0 Å². The van der Waals surface area contributed by atoms with Crippen LogP contribution in [0.3, 0.4) is 0 Å². The van der Waals surface area contributed by atoms with E-state index in [1.807, 2.05) is 6.20 Å². The summed E-state index contributed by atoms with van der Waals surface area (Å²) in [7, 11) is 0. The van der Waals surface area contributed by atoms with Gasteiger partial charge >= 0.3 is 0 Å². The normalized spacial score (nSPS) is 25.4. The molecule has 1 aliphatic heterocycles. The molecule has 1 saturated heterocycles. The fourth-order valence-electron chi connectivity index (χ4n) is 2.96. The van der Waals surface area contributed by atoms with Gasteiger partial charge in [-0.3, -0.25) is 9.89 Å². The molecular formula is C16H26N2. The molecule has 0 spiro atoms. The van der Waals surface area contributed by atoms with Crippen LogP contribution >= 0.6 is 0 Å². The topological polar surface area (TPSA) is 15.6 Å². The van der Waals surface area contributed by atoms with Gasteiger partial charge in [-0.15, -0.1) is 0 Å². The Hall–Kier alpha value is -0.890. The highest BCUT2D eigenvalue weighted by Gasteiger charge is 2.24. The summed E-state index contributed by atoms with van der Waals surface area (Å²) in [6, 6.07) is 0.834. The number of aliphatic imine (C=N–C) groups is 1. The van der Waals surface area contributed by atoms with E-state index < -0.39 is 0 Å². The Balaban J connectivity index is 1.99.